The van der Waals surface area contributed by atoms with E-state index < -0.39 is 22.9 Å². The van der Waals surface area contributed by atoms with E-state index in [1.165, 1.54) is 24.3 Å². The highest BCUT2D eigenvalue weighted by Crippen LogP contribution is 2.36. The van der Waals surface area contributed by atoms with Crippen LogP contribution in [-0.4, -0.2) is 22.0 Å². The Kier molecular flexibility index (Phi) is 7.42. The molecule has 1 heterocycles. The van der Waals surface area contributed by atoms with Gasteiger partial charge >= 0.3 is 5.97 Å². The summed E-state index contributed by atoms with van der Waals surface area (Å²) in [6.07, 6.45) is 1.53. The quantitative estimate of drug-likeness (QED) is 0.179. The molecule has 0 unspecified atom stereocenters. The van der Waals surface area contributed by atoms with Crippen LogP contribution in [0.25, 0.3) is 6.08 Å². The first kappa shape index (κ1) is 24.5. The Bertz CT molecular complexity index is 1330. The maximum Gasteiger partial charge on any atom is 0.343 e. The lowest BCUT2D eigenvalue weighted by atomic mass is 10.2. The maximum atomic E-state index is 14.1. The first-order chi connectivity index (χ1) is 16.2. The van der Waals surface area contributed by atoms with Crippen LogP contribution in [-0.2, 0) is 11.3 Å². The van der Waals surface area contributed by atoms with E-state index in [0.29, 0.717) is 20.6 Å². The minimum atomic E-state index is -0.594. The third-order valence-corrected chi connectivity index (χ3v) is 6.92. The minimum Gasteiger partial charge on any atom is -0.422 e. The number of nitrogens with zero attached hydrogens (tertiary/aromatic N) is 1. The summed E-state index contributed by atoms with van der Waals surface area (Å²) >= 11 is 16.0. The van der Waals surface area contributed by atoms with E-state index in [1.54, 1.807) is 42.5 Å². The number of benzene rings is 3. The Labute approximate surface area is 216 Å². The monoisotopic (exact) mass is 579 g/mol. The van der Waals surface area contributed by atoms with Crippen LogP contribution in [0.2, 0.25) is 10.0 Å². The molecule has 0 aromatic heterocycles. The van der Waals surface area contributed by atoms with Crippen molar-refractivity contribution in [3.63, 3.8) is 0 Å². The molecule has 0 aliphatic carbocycles. The molecule has 1 saturated heterocycles. The van der Waals surface area contributed by atoms with Gasteiger partial charge in [0, 0.05) is 15.6 Å². The van der Waals surface area contributed by atoms with Gasteiger partial charge in [-0.05, 0) is 87.9 Å². The minimum absolute atomic E-state index is 0.0716. The van der Waals surface area contributed by atoms with Crippen molar-refractivity contribution in [1.82, 2.24) is 4.90 Å². The maximum absolute atomic E-state index is 14.1. The first-order valence-corrected chi connectivity index (χ1v) is 12.0. The summed E-state index contributed by atoms with van der Waals surface area (Å²) in [7, 11) is 0. The van der Waals surface area contributed by atoms with Crippen LogP contribution in [0.1, 0.15) is 21.5 Å². The summed E-state index contributed by atoms with van der Waals surface area (Å²) in [5.41, 5.74) is 0.999. The van der Waals surface area contributed by atoms with Crippen molar-refractivity contribution in [2.75, 3.05) is 0 Å². The van der Waals surface area contributed by atoms with Crippen LogP contribution in [0.4, 0.5) is 9.18 Å². The molecule has 0 atom stereocenters. The zero-order valence-electron chi connectivity index (χ0n) is 17.1. The van der Waals surface area contributed by atoms with Crippen molar-refractivity contribution in [3.8, 4) is 5.75 Å². The number of thioether (sulfide) groups is 1. The fraction of sp³-hybridized carbons (Fsp3) is 0.0417. The molecule has 2 amide bonds. The molecular weight excluding hydrogens is 568 g/mol. The van der Waals surface area contributed by atoms with Crippen LogP contribution in [0, 0.1) is 5.82 Å². The number of amides is 2. The molecule has 0 spiro atoms. The van der Waals surface area contributed by atoms with Crippen molar-refractivity contribution in [2.24, 2.45) is 0 Å². The molecule has 4 rings (SSSR count). The number of carbonyl (C=O) groups excluding carboxylic acids is 3. The third-order valence-electron chi connectivity index (χ3n) is 4.79. The number of ether oxygens (including phenoxy) is 1. The molecule has 10 heteroatoms. The Morgan fingerprint density at radius 2 is 1.82 bits per heavy atom. The second-order valence-corrected chi connectivity index (χ2v) is 9.75. The molecule has 3 aromatic rings. The molecule has 3 aromatic carbocycles. The molecule has 34 heavy (non-hydrogen) atoms. The van der Waals surface area contributed by atoms with Gasteiger partial charge in [-0.15, -0.1) is 0 Å². The lowest BCUT2D eigenvalue weighted by Crippen LogP contribution is -2.28. The van der Waals surface area contributed by atoms with Crippen molar-refractivity contribution in [3.05, 3.63) is 103 Å². The highest BCUT2D eigenvalue weighted by atomic mass is 79.9. The van der Waals surface area contributed by atoms with Gasteiger partial charge in [-0.2, -0.15) is 0 Å². The molecule has 0 radical (unpaired) electrons. The lowest BCUT2D eigenvalue weighted by Gasteiger charge is -2.14. The highest BCUT2D eigenvalue weighted by molar-refractivity contribution is 9.10. The molecule has 5 nitrogen and oxygen atoms in total. The summed E-state index contributed by atoms with van der Waals surface area (Å²) in [6, 6.07) is 15.3. The molecule has 0 N–H and O–H groups in total. The van der Waals surface area contributed by atoms with Gasteiger partial charge < -0.3 is 4.74 Å². The van der Waals surface area contributed by atoms with E-state index in [2.05, 4.69) is 15.9 Å². The van der Waals surface area contributed by atoms with Crippen molar-refractivity contribution in [2.45, 2.75) is 6.54 Å². The molecule has 0 bridgehead atoms. The van der Waals surface area contributed by atoms with Crippen LogP contribution >= 0.6 is 50.9 Å². The van der Waals surface area contributed by atoms with Crippen molar-refractivity contribution < 1.29 is 23.5 Å². The average molecular weight is 581 g/mol. The van der Waals surface area contributed by atoms with Crippen molar-refractivity contribution in [1.29, 1.82) is 0 Å². The third kappa shape index (κ3) is 5.36. The fourth-order valence-corrected chi connectivity index (χ4v) is 4.73. The number of carbonyl (C=O) groups is 3. The lowest BCUT2D eigenvalue weighted by molar-refractivity contribution is -0.123. The van der Waals surface area contributed by atoms with Gasteiger partial charge in [-0.3, -0.25) is 14.5 Å². The summed E-state index contributed by atoms with van der Waals surface area (Å²) < 4.78 is 20.0. The number of halogens is 4. The second kappa shape index (κ2) is 10.3. The topological polar surface area (TPSA) is 63.7 Å². The Balaban J connectivity index is 1.50. The second-order valence-electron chi connectivity index (χ2n) is 7.05. The normalized spacial score (nSPS) is 14.7. The zero-order chi connectivity index (χ0) is 24.4. The van der Waals surface area contributed by atoms with E-state index in [-0.39, 0.29) is 27.8 Å². The summed E-state index contributed by atoms with van der Waals surface area (Å²) in [5, 5.41) is 0.113. The van der Waals surface area contributed by atoms with Gasteiger partial charge in [-0.25, -0.2) is 9.18 Å². The van der Waals surface area contributed by atoms with Gasteiger partial charge in [-0.1, -0.05) is 35.3 Å². The molecule has 1 fully saturated rings. The Morgan fingerprint density at radius 3 is 2.50 bits per heavy atom. The van der Waals surface area contributed by atoms with Gasteiger partial charge in [0.2, 0.25) is 0 Å². The van der Waals surface area contributed by atoms with Gasteiger partial charge in [0.1, 0.15) is 11.6 Å². The van der Waals surface area contributed by atoms with E-state index in [0.717, 1.165) is 16.7 Å². The average Bonchev–Trinajstić information content (AvgIpc) is 3.05. The van der Waals surface area contributed by atoms with Gasteiger partial charge in [0.25, 0.3) is 11.1 Å². The summed E-state index contributed by atoms with van der Waals surface area (Å²) in [5.74, 6) is -1.43. The summed E-state index contributed by atoms with van der Waals surface area (Å²) in [6.45, 7) is -0.267. The number of hydrogen-bond acceptors (Lipinski definition) is 5. The van der Waals surface area contributed by atoms with E-state index in [1.807, 2.05) is 0 Å². The van der Waals surface area contributed by atoms with E-state index >= 15 is 0 Å². The molecule has 0 saturated carbocycles. The smallest absolute Gasteiger partial charge is 0.343 e. The van der Waals surface area contributed by atoms with Crippen LogP contribution in [0.15, 0.2) is 70.0 Å². The predicted octanol–water partition coefficient (Wildman–Crippen LogP) is 7.35. The van der Waals surface area contributed by atoms with Crippen LogP contribution < -0.4 is 4.74 Å². The number of esters is 1. The van der Waals surface area contributed by atoms with Crippen molar-refractivity contribution >= 4 is 74.1 Å². The highest BCUT2D eigenvalue weighted by Gasteiger charge is 2.36. The van der Waals surface area contributed by atoms with Crippen LogP contribution in [0.5, 0.6) is 5.75 Å². The van der Waals surface area contributed by atoms with E-state index in [9.17, 15) is 18.8 Å². The molecule has 1 aliphatic rings. The van der Waals surface area contributed by atoms with Gasteiger partial charge in [0.15, 0.2) is 0 Å². The largest absolute Gasteiger partial charge is 0.422 e. The Hall–Kier alpha value is -2.65. The Morgan fingerprint density at radius 1 is 1.09 bits per heavy atom. The first-order valence-electron chi connectivity index (χ1n) is 9.68. The zero-order valence-corrected chi connectivity index (χ0v) is 21.0. The molecule has 172 valence electrons. The number of imide groups is 1. The summed E-state index contributed by atoms with van der Waals surface area (Å²) in [4.78, 5) is 38.6. The number of hydrogen-bond donors (Lipinski definition) is 0. The SMILES string of the molecule is O=C(Oc1ccc(/C=C2\SC(=O)N(Cc3c(F)cccc3Cl)C2=O)cc1Br)c1ccc(Cl)cc1. The van der Waals surface area contributed by atoms with Crippen LogP contribution in [0.3, 0.4) is 0 Å². The standard InChI is InChI=1S/C24H13BrCl2FNO4S/c25-17-10-13(4-9-20(17)33-23(31)14-5-7-15(26)8-6-14)11-21-22(30)29(24(32)34-21)12-16-18(27)2-1-3-19(16)28/h1-11H,12H2/b21-11-. The predicted molar refractivity (Wildman–Crippen MR) is 133 cm³/mol. The van der Waals surface area contributed by atoms with Gasteiger partial charge in [0.05, 0.1) is 21.5 Å². The molecule has 1 aliphatic heterocycles. The van der Waals surface area contributed by atoms with E-state index in [4.69, 9.17) is 27.9 Å². The fourth-order valence-electron chi connectivity index (χ4n) is 3.06. The molecular formula is C24H13BrCl2FNO4S. The number of rotatable bonds is 5.